The van der Waals surface area contributed by atoms with E-state index < -0.39 is 109 Å². The summed E-state index contributed by atoms with van der Waals surface area (Å²) in [5.74, 6) is -9.30. The number of amides is 5. The first-order valence-electron chi connectivity index (χ1n) is 16.8. The summed E-state index contributed by atoms with van der Waals surface area (Å²) in [4.78, 5) is 112. The van der Waals surface area contributed by atoms with Gasteiger partial charge in [-0.2, -0.15) is 0 Å². The van der Waals surface area contributed by atoms with Crippen molar-refractivity contribution in [1.82, 2.24) is 21.3 Å². The van der Waals surface area contributed by atoms with Crippen molar-refractivity contribution >= 4 is 64.3 Å². The number of hydrogen-bond acceptors (Lipinski definition) is 11. The number of rotatable bonds is 19. The number of carboxylic acid groups (broad SMARTS) is 3. The van der Waals surface area contributed by atoms with Crippen LogP contribution in [-0.2, 0) is 44.9 Å². The lowest BCUT2D eigenvalue weighted by Crippen LogP contribution is -2.59. The Morgan fingerprint density at radius 1 is 0.709 bits per heavy atom. The van der Waals surface area contributed by atoms with Crippen LogP contribution in [0.15, 0.2) is 63.8 Å². The Kier molecular flexibility index (Phi) is 15.4. The van der Waals surface area contributed by atoms with Gasteiger partial charge < -0.3 is 51.1 Å². The van der Waals surface area contributed by atoms with E-state index in [0.29, 0.717) is 16.5 Å². The molecule has 3 aromatic rings. The fourth-order valence-electron chi connectivity index (χ4n) is 5.17. The summed E-state index contributed by atoms with van der Waals surface area (Å²) in [6.45, 7) is 4.47. The number of carboxylic acids is 3. The summed E-state index contributed by atoms with van der Waals surface area (Å²) in [5, 5.41) is 40.2. The molecule has 4 unspecified atom stereocenters. The number of hydrogen-bond donors (Lipinski definition) is 8. The molecular weight excluding hydrogens is 726 g/mol. The quantitative estimate of drug-likeness (QED) is 0.0797. The van der Waals surface area contributed by atoms with E-state index in [-0.39, 0.29) is 17.9 Å². The second-order valence-corrected chi connectivity index (χ2v) is 12.7. The minimum absolute atomic E-state index is 0.113. The van der Waals surface area contributed by atoms with E-state index >= 15 is 0 Å². The summed E-state index contributed by atoms with van der Waals surface area (Å²) in [7, 11) is 0. The van der Waals surface area contributed by atoms with Crippen molar-refractivity contribution in [2.75, 3.05) is 5.32 Å². The molecule has 8 N–H and O–H groups in total. The number of alkyl carbamates (subject to hydrolysis) is 1. The molecule has 1 aromatic heterocycles. The summed E-state index contributed by atoms with van der Waals surface area (Å²) >= 11 is 0. The lowest BCUT2D eigenvalue weighted by atomic mass is 10.0. The van der Waals surface area contributed by atoms with Crippen LogP contribution in [0.25, 0.3) is 11.0 Å². The summed E-state index contributed by atoms with van der Waals surface area (Å²) in [6.07, 6.45) is -4.19. The van der Waals surface area contributed by atoms with Gasteiger partial charge in [0.25, 0.3) is 0 Å². The Hall–Kier alpha value is -6.79. The second kappa shape index (κ2) is 19.9. The van der Waals surface area contributed by atoms with Crippen molar-refractivity contribution in [3.63, 3.8) is 0 Å². The average molecular weight is 768 g/mol. The summed E-state index contributed by atoms with van der Waals surface area (Å²) in [6, 6.07) is 7.48. The number of ether oxygens (including phenoxy) is 1. The van der Waals surface area contributed by atoms with E-state index in [2.05, 4.69) is 26.6 Å². The highest BCUT2D eigenvalue weighted by atomic mass is 16.5. The van der Waals surface area contributed by atoms with Crippen LogP contribution < -0.4 is 32.2 Å². The van der Waals surface area contributed by atoms with Crippen molar-refractivity contribution in [2.45, 2.75) is 77.2 Å². The number of fused-ring (bicyclic) bond motifs is 1. The maximum Gasteiger partial charge on any atom is 0.408 e. The molecule has 0 saturated heterocycles. The number of aryl methyl sites for hydroxylation is 1. The van der Waals surface area contributed by atoms with Crippen LogP contribution in [-0.4, -0.2) is 87.1 Å². The third kappa shape index (κ3) is 13.6. The van der Waals surface area contributed by atoms with E-state index in [0.717, 1.165) is 0 Å². The molecule has 294 valence electrons. The smallest absolute Gasteiger partial charge is 0.408 e. The van der Waals surface area contributed by atoms with Gasteiger partial charge in [0.05, 0.1) is 12.8 Å². The Labute approximate surface area is 312 Å². The van der Waals surface area contributed by atoms with Crippen LogP contribution in [0.2, 0.25) is 0 Å². The van der Waals surface area contributed by atoms with Gasteiger partial charge in [0.1, 0.15) is 36.4 Å². The number of nitrogens with one attached hydrogen (secondary N) is 5. The fourth-order valence-corrected chi connectivity index (χ4v) is 5.17. The predicted molar refractivity (Wildman–Crippen MR) is 191 cm³/mol. The zero-order valence-corrected chi connectivity index (χ0v) is 30.0. The number of benzene rings is 2. The van der Waals surface area contributed by atoms with Gasteiger partial charge in [-0.1, -0.05) is 44.2 Å². The highest BCUT2D eigenvalue weighted by molar-refractivity contribution is 6.01. The molecule has 19 nitrogen and oxygen atoms in total. The fraction of sp³-hybridized carbons (Fsp3) is 0.361. The number of aliphatic carboxylic acids is 3. The highest BCUT2D eigenvalue weighted by Gasteiger charge is 2.34. The molecule has 3 rings (SSSR count). The van der Waals surface area contributed by atoms with Gasteiger partial charge in [0.2, 0.25) is 23.6 Å². The molecule has 0 radical (unpaired) electrons. The molecular formula is C36H41N5O14. The van der Waals surface area contributed by atoms with Crippen molar-refractivity contribution in [2.24, 2.45) is 5.92 Å². The summed E-state index contributed by atoms with van der Waals surface area (Å²) < 4.78 is 10.2. The minimum atomic E-state index is -1.77. The highest BCUT2D eigenvalue weighted by Crippen LogP contribution is 2.21. The van der Waals surface area contributed by atoms with Crippen molar-refractivity contribution < 1.29 is 62.8 Å². The van der Waals surface area contributed by atoms with E-state index in [1.807, 2.05) is 0 Å². The Morgan fingerprint density at radius 3 is 1.91 bits per heavy atom. The SMILES string of the molecule is Cc1cc(=O)oc2cc(NC(=O)C(CC(=O)O)NC(=O)C(NC(=O)C(CCC(=O)O)NC(=O)C(CC(=O)O)NC(=O)OCc3ccccc3)C(C)C)ccc12. The Balaban J connectivity index is 1.75. The van der Waals surface area contributed by atoms with Crippen molar-refractivity contribution in [3.8, 4) is 0 Å². The zero-order valence-electron chi connectivity index (χ0n) is 30.0. The van der Waals surface area contributed by atoms with Gasteiger partial charge >= 0.3 is 29.6 Å². The molecule has 0 bridgehead atoms. The van der Waals surface area contributed by atoms with Crippen molar-refractivity contribution in [1.29, 1.82) is 0 Å². The van der Waals surface area contributed by atoms with Crippen LogP contribution in [0, 0.1) is 12.8 Å². The maximum atomic E-state index is 13.5. The van der Waals surface area contributed by atoms with Gasteiger partial charge in [-0.25, -0.2) is 9.59 Å². The van der Waals surface area contributed by atoms with E-state index in [9.17, 15) is 58.5 Å². The van der Waals surface area contributed by atoms with Crippen LogP contribution in [0.5, 0.6) is 0 Å². The number of carbonyl (C=O) groups is 8. The van der Waals surface area contributed by atoms with E-state index in [4.69, 9.17) is 9.15 Å². The largest absolute Gasteiger partial charge is 0.481 e. The standard InChI is InChI=1S/C36H41N5O14/c1-18(2)31(35(52)39-24(15-28(44)45)33(50)37-21-9-10-22-19(3)13-30(48)55-26(22)14-21)41-32(49)23(11-12-27(42)43)38-34(51)25(16-29(46)47)40-36(53)54-17-20-7-5-4-6-8-20/h4-10,13-14,18,23-25,31H,11-12,15-17H2,1-3H3,(H,37,50)(H,38,51)(H,39,52)(H,40,53)(H,41,49)(H,42,43)(H,44,45)(H,46,47). The van der Waals surface area contributed by atoms with E-state index in [1.54, 1.807) is 43.3 Å². The minimum Gasteiger partial charge on any atom is -0.481 e. The average Bonchev–Trinajstić information content (AvgIpc) is 3.10. The Morgan fingerprint density at radius 2 is 1.31 bits per heavy atom. The van der Waals surface area contributed by atoms with Crippen LogP contribution >= 0.6 is 0 Å². The first-order valence-corrected chi connectivity index (χ1v) is 16.8. The van der Waals surface area contributed by atoms with Crippen molar-refractivity contribution in [3.05, 3.63) is 76.1 Å². The molecule has 0 saturated carbocycles. The second-order valence-electron chi connectivity index (χ2n) is 12.7. The van der Waals surface area contributed by atoms with Crippen LogP contribution in [0.1, 0.15) is 50.7 Å². The predicted octanol–water partition coefficient (Wildman–Crippen LogP) is 1.26. The molecule has 0 fully saturated rings. The topological polar surface area (TPSA) is 297 Å². The third-order valence-corrected chi connectivity index (χ3v) is 7.96. The van der Waals surface area contributed by atoms with Crippen LogP contribution in [0.3, 0.4) is 0 Å². The zero-order chi connectivity index (χ0) is 40.8. The third-order valence-electron chi connectivity index (χ3n) is 7.96. The van der Waals surface area contributed by atoms with Gasteiger partial charge in [-0.15, -0.1) is 0 Å². The van der Waals surface area contributed by atoms with Crippen LogP contribution in [0.4, 0.5) is 10.5 Å². The molecule has 55 heavy (non-hydrogen) atoms. The van der Waals surface area contributed by atoms with Gasteiger partial charge in [0, 0.05) is 29.6 Å². The molecule has 0 aliphatic rings. The molecule has 1 heterocycles. The Bertz CT molecular complexity index is 1980. The van der Waals surface area contributed by atoms with Gasteiger partial charge in [0.15, 0.2) is 0 Å². The van der Waals surface area contributed by atoms with E-state index in [1.165, 1.54) is 32.0 Å². The molecule has 0 spiro atoms. The first kappa shape index (κ1) is 42.6. The summed E-state index contributed by atoms with van der Waals surface area (Å²) in [5.41, 5.74) is 0.829. The van der Waals surface area contributed by atoms with Gasteiger partial charge in [-0.3, -0.25) is 33.6 Å². The van der Waals surface area contributed by atoms with Gasteiger partial charge in [-0.05, 0) is 42.5 Å². The normalized spacial score (nSPS) is 13.0. The monoisotopic (exact) mass is 767 g/mol. The maximum absolute atomic E-state index is 13.5. The molecule has 0 aliphatic carbocycles. The first-order chi connectivity index (χ1) is 25.9. The molecule has 2 aromatic carbocycles. The molecule has 5 amide bonds. The number of carbonyl (C=O) groups excluding carboxylic acids is 5. The lowest BCUT2D eigenvalue weighted by molar-refractivity contribution is -0.141. The lowest BCUT2D eigenvalue weighted by Gasteiger charge is -2.27. The molecule has 4 atom stereocenters. The molecule has 0 aliphatic heterocycles. The molecule has 19 heteroatoms. The number of anilines is 1.